The maximum absolute atomic E-state index is 11.7. The molecule has 1 aliphatic rings. The first-order valence-electron chi connectivity index (χ1n) is 6.16. The molecule has 1 heterocycles. The number of rotatable bonds is 4. The minimum atomic E-state index is 0.0496. The number of carbonyl (C=O) groups excluding carboxylic acids is 1. The lowest BCUT2D eigenvalue weighted by Gasteiger charge is -2.15. The van der Waals surface area contributed by atoms with E-state index in [4.69, 9.17) is 10.00 Å². The number of hydrogen-bond donors (Lipinski definition) is 0. The second-order valence-corrected chi connectivity index (χ2v) is 4.36. The molecule has 1 saturated heterocycles. The first kappa shape index (κ1) is 12.4. The standard InChI is InChI=1S/C14H16N2O2/c15-8-7-12-3-5-13(6-4-12)18-11-14(17)16-9-1-2-10-16/h3-6H,1-2,7,9-11H2. The molecule has 4 nitrogen and oxygen atoms in total. The Labute approximate surface area is 107 Å². The maximum atomic E-state index is 11.7. The van der Waals surface area contributed by atoms with Crippen molar-refractivity contribution in [3.63, 3.8) is 0 Å². The highest BCUT2D eigenvalue weighted by Crippen LogP contribution is 2.13. The third-order valence-corrected chi connectivity index (χ3v) is 3.03. The molecule has 0 aromatic heterocycles. The summed E-state index contributed by atoms with van der Waals surface area (Å²) in [7, 11) is 0. The van der Waals surface area contributed by atoms with Crippen LogP contribution in [-0.2, 0) is 11.2 Å². The largest absolute Gasteiger partial charge is 0.484 e. The molecule has 4 heteroatoms. The van der Waals surface area contributed by atoms with Gasteiger partial charge in [-0.05, 0) is 30.5 Å². The van der Waals surface area contributed by atoms with Crippen molar-refractivity contribution in [1.82, 2.24) is 4.90 Å². The minimum Gasteiger partial charge on any atom is -0.484 e. The third-order valence-electron chi connectivity index (χ3n) is 3.03. The lowest BCUT2D eigenvalue weighted by Crippen LogP contribution is -2.32. The predicted octanol–water partition coefficient (Wildman–Crippen LogP) is 1.75. The van der Waals surface area contributed by atoms with Gasteiger partial charge in [0.05, 0.1) is 12.5 Å². The van der Waals surface area contributed by atoms with Gasteiger partial charge in [-0.3, -0.25) is 4.79 Å². The molecular formula is C14H16N2O2. The van der Waals surface area contributed by atoms with Crippen LogP contribution in [0.4, 0.5) is 0 Å². The molecule has 0 radical (unpaired) electrons. The van der Waals surface area contributed by atoms with E-state index in [1.54, 1.807) is 12.1 Å². The van der Waals surface area contributed by atoms with Gasteiger partial charge in [-0.25, -0.2) is 0 Å². The molecule has 1 aromatic carbocycles. The highest BCUT2D eigenvalue weighted by Gasteiger charge is 2.17. The number of nitrogens with zero attached hydrogens (tertiary/aromatic N) is 2. The van der Waals surface area contributed by atoms with Crippen LogP contribution >= 0.6 is 0 Å². The fourth-order valence-electron chi connectivity index (χ4n) is 2.00. The Bertz CT molecular complexity index is 442. The number of ether oxygens (including phenoxy) is 1. The number of benzene rings is 1. The summed E-state index contributed by atoms with van der Waals surface area (Å²) in [5.74, 6) is 0.720. The molecule has 1 amide bonds. The molecule has 0 bridgehead atoms. The van der Waals surface area contributed by atoms with E-state index in [1.165, 1.54) is 0 Å². The summed E-state index contributed by atoms with van der Waals surface area (Å²) in [4.78, 5) is 13.6. The topological polar surface area (TPSA) is 53.3 Å². The van der Waals surface area contributed by atoms with E-state index >= 15 is 0 Å². The molecule has 0 saturated carbocycles. The van der Waals surface area contributed by atoms with Crippen molar-refractivity contribution >= 4 is 5.91 Å². The first-order chi connectivity index (χ1) is 8.79. The van der Waals surface area contributed by atoms with Gasteiger partial charge in [0.1, 0.15) is 5.75 Å². The zero-order valence-corrected chi connectivity index (χ0v) is 10.3. The van der Waals surface area contributed by atoms with Gasteiger partial charge in [-0.1, -0.05) is 12.1 Å². The van der Waals surface area contributed by atoms with E-state index in [9.17, 15) is 4.79 Å². The number of nitriles is 1. The Kier molecular flexibility index (Phi) is 4.19. The second-order valence-electron chi connectivity index (χ2n) is 4.36. The minimum absolute atomic E-state index is 0.0496. The average molecular weight is 244 g/mol. The van der Waals surface area contributed by atoms with Crippen molar-refractivity contribution in [3.05, 3.63) is 29.8 Å². The monoisotopic (exact) mass is 244 g/mol. The van der Waals surface area contributed by atoms with E-state index in [0.29, 0.717) is 12.2 Å². The van der Waals surface area contributed by atoms with Gasteiger partial charge in [-0.15, -0.1) is 0 Å². The zero-order valence-electron chi connectivity index (χ0n) is 10.3. The lowest BCUT2D eigenvalue weighted by atomic mass is 10.2. The highest BCUT2D eigenvalue weighted by atomic mass is 16.5. The van der Waals surface area contributed by atoms with Crippen molar-refractivity contribution in [2.45, 2.75) is 19.3 Å². The molecule has 0 N–H and O–H groups in total. The number of carbonyl (C=O) groups is 1. The predicted molar refractivity (Wildman–Crippen MR) is 67.1 cm³/mol. The summed E-state index contributed by atoms with van der Waals surface area (Å²) in [6.45, 7) is 1.80. The van der Waals surface area contributed by atoms with Gasteiger partial charge in [0.15, 0.2) is 6.61 Å². The summed E-state index contributed by atoms with van der Waals surface area (Å²) in [5, 5.41) is 8.55. The van der Waals surface area contributed by atoms with Gasteiger partial charge in [0.2, 0.25) is 0 Å². The summed E-state index contributed by atoms with van der Waals surface area (Å²) in [5.41, 5.74) is 0.954. The van der Waals surface area contributed by atoms with E-state index in [-0.39, 0.29) is 12.5 Å². The van der Waals surface area contributed by atoms with Gasteiger partial charge in [0.25, 0.3) is 5.91 Å². The van der Waals surface area contributed by atoms with Crippen LogP contribution in [0.25, 0.3) is 0 Å². The van der Waals surface area contributed by atoms with E-state index in [0.717, 1.165) is 31.5 Å². The van der Waals surface area contributed by atoms with Crippen LogP contribution in [0.5, 0.6) is 5.75 Å². The Balaban J connectivity index is 1.82. The Hall–Kier alpha value is -2.02. The Morgan fingerprint density at radius 3 is 2.56 bits per heavy atom. The highest BCUT2D eigenvalue weighted by molar-refractivity contribution is 5.78. The van der Waals surface area contributed by atoms with Crippen molar-refractivity contribution in [1.29, 1.82) is 5.26 Å². The van der Waals surface area contributed by atoms with Crippen molar-refractivity contribution < 1.29 is 9.53 Å². The third kappa shape index (κ3) is 3.24. The molecule has 0 spiro atoms. The van der Waals surface area contributed by atoms with Crippen LogP contribution in [0.2, 0.25) is 0 Å². The van der Waals surface area contributed by atoms with Gasteiger partial charge in [0, 0.05) is 13.1 Å². The number of amides is 1. The van der Waals surface area contributed by atoms with Crippen LogP contribution in [0.3, 0.4) is 0 Å². The smallest absolute Gasteiger partial charge is 0.260 e. The van der Waals surface area contributed by atoms with Crippen LogP contribution in [0.15, 0.2) is 24.3 Å². The lowest BCUT2D eigenvalue weighted by molar-refractivity contribution is -0.132. The van der Waals surface area contributed by atoms with E-state index in [2.05, 4.69) is 6.07 Å². The molecule has 1 aromatic rings. The van der Waals surface area contributed by atoms with E-state index in [1.807, 2.05) is 17.0 Å². The quantitative estimate of drug-likeness (QED) is 0.810. The van der Waals surface area contributed by atoms with Gasteiger partial charge < -0.3 is 9.64 Å². The van der Waals surface area contributed by atoms with Crippen LogP contribution in [0, 0.1) is 11.3 Å². The Morgan fingerprint density at radius 1 is 1.28 bits per heavy atom. The fraction of sp³-hybridized carbons (Fsp3) is 0.429. The SMILES string of the molecule is N#CCc1ccc(OCC(=O)N2CCCC2)cc1. The van der Waals surface area contributed by atoms with Crippen molar-refractivity contribution in [2.24, 2.45) is 0 Å². The molecule has 1 fully saturated rings. The molecule has 0 aliphatic carbocycles. The number of hydrogen-bond acceptors (Lipinski definition) is 3. The summed E-state index contributed by atoms with van der Waals surface area (Å²) in [6.07, 6.45) is 2.58. The molecule has 0 atom stereocenters. The first-order valence-corrected chi connectivity index (χ1v) is 6.16. The average Bonchev–Trinajstić information content (AvgIpc) is 2.92. The molecule has 18 heavy (non-hydrogen) atoms. The number of likely N-dealkylation sites (tertiary alicyclic amines) is 1. The molecular weight excluding hydrogens is 228 g/mol. The Morgan fingerprint density at radius 2 is 1.94 bits per heavy atom. The molecule has 0 unspecified atom stereocenters. The molecule has 94 valence electrons. The normalized spacial score (nSPS) is 14.3. The fourth-order valence-corrected chi connectivity index (χ4v) is 2.00. The van der Waals surface area contributed by atoms with Crippen LogP contribution in [0.1, 0.15) is 18.4 Å². The van der Waals surface area contributed by atoms with Gasteiger partial charge >= 0.3 is 0 Å². The van der Waals surface area contributed by atoms with Crippen molar-refractivity contribution in [2.75, 3.05) is 19.7 Å². The van der Waals surface area contributed by atoms with E-state index < -0.39 is 0 Å². The second kappa shape index (κ2) is 6.06. The van der Waals surface area contributed by atoms with Crippen molar-refractivity contribution in [3.8, 4) is 11.8 Å². The molecule has 2 rings (SSSR count). The zero-order chi connectivity index (χ0) is 12.8. The van der Waals surface area contributed by atoms with Crippen LogP contribution < -0.4 is 4.74 Å². The van der Waals surface area contributed by atoms with Crippen LogP contribution in [-0.4, -0.2) is 30.5 Å². The summed E-state index contributed by atoms with van der Waals surface area (Å²) in [6, 6.07) is 9.37. The summed E-state index contributed by atoms with van der Waals surface area (Å²) >= 11 is 0. The molecule has 1 aliphatic heterocycles. The maximum Gasteiger partial charge on any atom is 0.260 e. The van der Waals surface area contributed by atoms with Gasteiger partial charge in [-0.2, -0.15) is 5.26 Å². The summed E-state index contributed by atoms with van der Waals surface area (Å²) < 4.78 is 5.44.